The van der Waals surface area contributed by atoms with Crippen LogP contribution in [0.15, 0.2) is 42.9 Å². The average Bonchev–Trinajstić information content (AvgIpc) is 3.24. The highest BCUT2D eigenvalue weighted by molar-refractivity contribution is 6.39. The van der Waals surface area contributed by atoms with Crippen LogP contribution in [0.5, 0.6) is 0 Å². The zero-order valence-corrected chi connectivity index (χ0v) is 19.1. The van der Waals surface area contributed by atoms with E-state index in [-0.39, 0.29) is 11.9 Å². The first-order valence-electron chi connectivity index (χ1n) is 10.5. The third kappa shape index (κ3) is 6.71. The number of carbonyl (C=O) groups excluding carboxylic acids is 3. The first kappa shape index (κ1) is 23.6. The van der Waals surface area contributed by atoms with Gasteiger partial charge in [0.2, 0.25) is 0 Å². The van der Waals surface area contributed by atoms with Crippen LogP contribution in [0.1, 0.15) is 46.1 Å². The number of amides is 3. The maximum atomic E-state index is 12.5. The summed E-state index contributed by atoms with van der Waals surface area (Å²) in [7, 11) is 0. The van der Waals surface area contributed by atoms with Gasteiger partial charge in [-0.1, -0.05) is 11.6 Å². The lowest BCUT2D eigenvalue weighted by molar-refractivity contribution is -0.136. The smallest absolute Gasteiger partial charge is 0.407 e. The number of rotatable bonds is 4. The number of anilines is 1. The van der Waals surface area contributed by atoms with E-state index in [4.69, 9.17) is 16.3 Å². The Bertz CT molecular complexity index is 940. The standard InChI is InChI=1S/C22H28ClN5O4/c1-22(2,3)32-21(31)26-17-12-15(28-10-4-5-11-28)7-8-16(17)25-19(29)20(30)27-18-9-6-14(23)13-24-18/h4-6,9-11,13,15-17H,7-8,12H2,1-3H3,(H,25,29)(H,26,31)(H,24,27,30)/t15?,16-,17+/m0/s1. The number of pyridine rings is 1. The fourth-order valence-electron chi connectivity index (χ4n) is 3.66. The molecule has 2 heterocycles. The van der Waals surface area contributed by atoms with Crippen LogP contribution in [0.25, 0.3) is 0 Å². The zero-order chi connectivity index (χ0) is 23.3. The molecule has 172 valence electrons. The van der Waals surface area contributed by atoms with Crippen LogP contribution >= 0.6 is 11.6 Å². The molecular formula is C22H28ClN5O4. The second kappa shape index (κ2) is 10.0. The van der Waals surface area contributed by atoms with Gasteiger partial charge in [-0.05, 0) is 64.3 Å². The summed E-state index contributed by atoms with van der Waals surface area (Å²) >= 11 is 5.78. The van der Waals surface area contributed by atoms with Gasteiger partial charge in [-0.25, -0.2) is 9.78 Å². The second-order valence-corrected chi connectivity index (χ2v) is 9.18. The fraction of sp³-hybridized carbons (Fsp3) is 0.455. The molecule has 1 aliphatic carbocycles. The predicted octanol–water partition coefficient (Wildman–Crippen LogP) is 3.28. The number of ether oxygens (including phenoxy) is 1. The SMILES string of the molecule is CC(C)(C)OC(=O)N[C@@H]1CC(n2cccc2)CC[C@@H]1NC(=O)C(=O)Nc1ccc(Cl)cn1. The molecule has 10 heteroatoms. The average molecular weight is 462 g/mol. The van der Waals surface area contributed by atoms with E-state index in [0.717, 1.165) is 6.42 Å². The third-order valence-electron chi connectivity index (χ3n) is 5.07. The molecule has 0 aliphatic heterocycles. The van der Waals surface area contributed by atoms with Crippen molar-refractivity contribution in [3.8, 4) is 0 Å². The van der Waals surface area contributed by atoms with Crippen molar-refractivity contribution >= 4 is 35.3 Å². The van der Waals surface area contributed by atoms with E-state index >= 15 is 0 Å². The molecule has 3 rings (SSSR count). The van der Waals surface area contributed by atoms with Gasteiger partial charge in [-0.3, -0.25) is 9.59 Å². The lowest BCUT2D eigenvalue weighted by Crippen LogP contribution is -2.56. The molecule has 1 saturated carbocycles. The quantitative estimate of drug-likeness (QED) is 0.604. The summed E-state index contributed by atoms with van der Waals surface area (Å²) in [6.07, 6.45) is 6.71. The fourth-order valence-corrected chi connectivity index (χ4v) is 3.77. The summed E-state index contributed by atoms with van der Waals surface area (Å²) in [5.74, 6) is -1.43. The second-order valence-electron chi connectivity index (χ2n) is 8.75. The van der Waals surface area contributed by atoms with Crippen LogP contribution in [0, 0.1) is 0 Å². The molecule has 2 aromatic heterocycles. The molecule has 32 heavy (non-hydrogen) atoms. The van der Waals surface area contributed by atoms with Crippen molar-refractivity contribution in [1.82, 2.24) is 20.2 Å². The molecule has 0 aromatic carbocycles. The third-order valence-corrected chi connectivity index (χ3v) is 5.29. The highest BCUT2D eigenvalue weighted by Crippen LogP contribution is 2.29. The molecule has 3 atom stereocenters. The number of alkyl carbamates (subject to hydrolysis) is 1. The number of halogens is 1. The minimum absolute atomic E-state index is 0.158. The van der Waals surface area contributed by atoms with Crippen molar-refractivity contribution in [2.24, 2.45) is 0 Å². The van der Waals surface area contributed by atoms with Gasteiger partial charge in [-0.2, -0.15) is 0 Å². The van der Waals surface area contributed by atoms with Gasteiger partial charge in [0.05, 0.1) is 11.1 Å². The molecule has 1 fully saturated rings. The summed E-state index contributed by atoms with van der Waals surface area (Å²) in [4.78, 5) is 41.2. The van der Waals surface area contributed by atoms with Crippen LogP contribution in [0.3, 0.4) is 0 Å². The first-order chi connectivity index (χ1) is 15.1. The van der Waals surface area contributed by atoms with Gasteiger partial charge in [0, 0.05) is 30.7 Å². The Hall–Kier alpha value is -3.07. The first-order valence-corrected chi connectivity index (χ1v) is 10.8. The Kier molecular flexibility index (Phi) is 7.40. The van der Waals surface area contributed by atoms with Crippen LogP contribution in [-0.2, 0) is 14.3 Å². The van der Waals surface area contributed by atoms with E-state index in [9.17, 15) is 14.4 Å². The van der Waals surface area contributed by atoms with Crippen molar-refractivity contribution in [3.05, 3.63) is 47.9 Å². The number of hydrogen-bond donors (Lipinski definition) is 3. The molecule has 9 nitrogen and oxygen atoms in total. The summed E-state index contributed by atoms with van der Waals surface area (Å²) in [6.45, 7) is 5.35. The number of carbonyl (C=O) groups is 3. The molecular weight excluding hydrogens is 434 g/mol. The maximum absolute atomic E-state index is 12.5. The highest BCUT2D eigenvalue weighted by Gasteiger charge is 2.35. The van der Waals surface area contributed by atoms with E-state index < -0.39 is 35.6 Å². The number of nitrogens with zero attached hydrogens (tertiary/aromatic N) is 2. The van der Waals surface area contributed by atoms with E-state index in [0.29, 0.717) is 17.9 Å². The van der Waals surface area contributed by atoms with Crippen LogP contribution in [0.4, 0.5) is 10.6 Å². The minimum Gasteiger partial charge on any atom is -0.444 e. The van der Waals surface area contributed by atoms with Crippen molar-refractivity contribution in [1.29, 1.82) is 0 Å². The van der Waals surface area contributed by atoms with Gasteiger partial charge >= 0.3 is 17.9 Å². The summed E-state index contributed by atoms with van der Waals surface area (Å²) < 4.78 is 7.47. The van der Waals surface area contributed by atoms with Crippen molar-refractivity contribution < 1.29 is 19.1 Å². The molecule has 3 amide bonds. The van der Waals surface area contributed by atoms with E-state index in [1.54, 1.807) is 26.8 Å². The van der Waals surface area contributed by atoms with Gasteiger partial charge < -0.3 is 25.3 Å². The molecule has 0 bridgehead atoms. The number of aromatic nitrogens is 2. The van der Waals surface area contributed by atoms with Gasteiger partial charge in [0.25, 0.3) is 0 Å². The monoisotopic (exact) mass is 461 g/mol. The van der Waals surface area contributed by atoms with E-state index in [1.807, 2.05) is 24.5 Å². The lowest BCUT2D eigenvalue weighted by Gasteiger charge is -2.37. The van der Waals surface area contributed by atoms with Crippen molar-refractivity contribution in [2.75, 3.05) is 5.32 Å². The molecule has 3 N–H and O–H groups in total. The van der Waals surface area contributed by atoms with E-state index in [2.05, 4.69) is 25.5 Å². The largest absolute Gasteiger partial charge is 0.444 e. The number of hydrogen-bond acceptors (Lipinski definition) is 5. The molecule has 0 radical (unpaired) electrons. The topological polar surface area (TPSA) is 114 Å². The maximum Gasteiger partial charge on any atom is 0.407 e. The Labute approximate surface area is 191 Å². The molecule has 2 aromatic rings. The Balaban J connectivity index is 1.66. The summed E-state index contributed by atoms with van der Waals surface area (Å²) in [5.41, 5.74) is -0.650. The molecule has 0 spiro atoms. The number of nitrogens with one attached hydrogen (secondary N) is 3. The van der Waals surface area contributed by atoms with Crippen LogP contribution in [0.2, 0.25) is 5.02 Å². The lowest BCUT2D eigenvalue weighted by atomic mass is 9.86. The van der Waals surface area contributed by atoms with Crippen LogP contribution in [-0.4, -0.2) is 45.1 Å². The van der Waals surface area contributed by atoms with Crippen LogP contribution < -0.4 is 16.0 Å². The minimum atomic E-state index is -0.844. The van der Waals surface area contributed by atoms with Crippen molar-refractivity contribution in [3.63, 3.8) is 0 Å². The zero-order valence-electron chi connectivity index (χ0n) is 18.3. The molecule has 1 aliphatic rings. The van der Waals surface area contributed by atoms with Gasteiger partial charge in [0.1, 0.15) is 11.4 Å². The van der Waals surface area contributed by atoms with Crippen molar-refractivity contribution in [2.45, 2.75) is 63.8 Å². The Morgan fingerprint density at radius 2 is 1.78 bits per heavy atom. The van der Waals surface area contributed by atoms with Gasteiger partial charge in [0.15, 0.2) is 0 Å². The van der Waals surface area contributed by atoms with E-state index in [1.165, 1.54) is 12.3 Å². The normalized spacial score (nSPS) is 20.8. The summed E-state index contributed by atoms with van der Waals surface area (Å²) in [5, 5.41) is 8.48. The predicted molar refractivity (Wildman–Crippen MR) is 120 cm³/mol. The Morgan fingerprint density at radius 3 is 2.41 bits per heavy atom. The highest BCUT2D eigenvalue weighted by atomic mass is 35.5. The van der Waals surface area contributed by atoms with Gasteiger partial charge in [-0.15, -0.1) is 0 Å². The Morgan fingerprint density at radius 1 is 1.06 bits per heavy atom. The summed E-state index contributed by atoms with van der Waals surface area (Å²) in [6, 6.07) is 6.28. The molecule has 1 unspecified atom stereocenters. The molecule has 0 saturated heterocycles.